The second-order valence-corrected chi connectivity index (χ2v) is 7.16. The van der Waals surface area contributed by atoms with E-state index in [0.717, 1.165) is 11.8 Å². The quantitative estimate of drug-likeness (QED) is 0.753. The lowest BCUT2D eigenvalue weighted by Crippen LogP contribution is -2.35. The first-order chi connectivity index (χ1) is 8.99. The molecule has 2 heteroatoms. The van der Waals surface area contributed by atoms with E-state index >= 15 is 0 Å². The lowest BCUT2D eigenvalue weighted by molar-refractivity contribution is 0.254. The second kappa shape index (κ2) is 6.30. The maximum absolute atomic E-state index is 3.80. The van der Waals surface area contributed by atoms with Crippen molar-refractivity contribution in [3.63, 3.8) is 0 Å². The summed E-state index contributed by atoms with van der Waals surface area (Å²) < 4.78 is 1.24. The summed E-state index contributed by atoms with van der Waals surface area (Å²) in [5.41, 5.74) is 3.93. The first kappa shape index (κ1) is 14.9. The SMILES string of the molecule is Cc1cc(NC2CCCCC2C(C)C)cc(C)c1Br. The molecule has 2 rings (SSSR count). The summed E-state index contributed by atoms with van der Waals surface area (Å²) in [5, 5.41) is 3.80. The molecule has 0 spiro atoms. The van der Waals surface area contributed by atoms with E-state index in [9.17, 15) is 0 Å². The minimum atomic E-state index is 0.647. The molecule has 19 heavy (non-hydrogen) atoms. The average molecular weight is 324 g/mol. The molecule has 1 N–H and O–H groups in total. The Bertz CT molecular complexity index is 416. The molecular weight excluding hydrogens is 298 g/mol. The number of rotatable bonds is 3. The number of benzene rings is 1. The Morgan fingerprint density at radius 1 is 1.11 bits per heavy atom. The van der Waals surface area contributed by atoms with E-state index in [1.807, 2.05) is 0 Å². The van der Waals surface area contributed by atoms with E-state index in [2.05, 4.69) is 61.1 Å². The van der Waals surface area contributed by atoms with Crippen LogP contribution in [0.2, 0.25) is 0 Å². The van der Waals surface area contributed by atoms with Gasteiger partial charge in [-0.2, -0.15) is 0 Å². The highest BCUT2D eigenvalue weighted by Gasteiger charge is 2.27. The Labute approximate surface area is 126 Å². The van der Waals surface area contributed by atoms with Gasteiger partial charge < -0.3 is 5.32 Å². The summed E-state index contributed by atoms with van der Waals surface area (Å²) in [5.74, 6) is 1.59. The van der Waals surface area contributed by atoms with Gasteiger partial charge in [0, 0.05) is 16.2 Å². The molecule has 0 saturated heterocycles. The highest BCUT2D eigenvalue weighted by molar-refractivity contribution is 9.10. The Morgan fingerprint density at radius 2 is 1.68 bits per heavy atom. The van der Waals surface area contributed by atoms with Crippen LogP contribution in [0.1, 0.15) is 50.7 Å². The fraction of sp³-hybridized carbons (Fsp3) is 0.647. The van der Waals surface area contributed by atoms with Gasteiger partial charge in [0.25, 0.3) is 0 Å². The molecule has 0 heterocycles. The van der Waals surface area contributed by atoms with Crippen molar-refractivity contribution in [1.82, 2.24) is 0 Å². The van der Waals surface area contributed by atoms with Crippen LogP contribution < -0.4 is 5.32 Å². The minimum absolute atomic E-state index is 0.647. The van der Waals surface area contributed by atoms with Crippen LogP contribution in [0, 0.1) is 25.7 Å². The molecule has 0 amide bonds. The summed E-state index contributed by atoms with van der Waals surface area (Å²) >= 11 is 3.65. The first-order valence-corrected chi connectivity index (χ1v) is 8.31. The van der Waals surface area contributed by atoms with Gasteiger partial charge >= 0.3 is 0 Å². The van der Waals surface area contributed by atoms with Crippen LogP contribution in [-0.4, -0.2) is 6.04 Å². The largest absolute Gasteiger partial charge is 0.382 e. The van der Waals surface area contributed by atoms with Crippen molar-refractivity contribution in [1.29, 1.82) is 0 Å². The van der Waals surface area contributed by atoms with Gasteiger partial charge in [-0.25, -0.2) is 0 Å². The molecule has 2 atom stereocenters. The van der Waals surface area contributed by atoms with Crippen LogP contribution in [-0.2, 0) is 0 Å². The van der Waals surface area contributed by atoms with Crippen LogP contribution >= 0.6 is 15.9 Å². The molecule has 1 aliphatic rings. The Balaban J connectivity index is 2.15. The van der Waals surface area contributed by atoms with Gasteiger partial charge in [-0.1, -0.05) is 42.6 Å². The lowest BCUT2D eigenvalue weighted by atomic mass is 9.77. The smallest absolute Gasteiger partial charge is 0.0348 e. The van der Waals surface area contributed by atoms with Crippen LogP contribution in [0.3, 0.4) is 0 Å². The molecule has 0 bridgehead atoms. The zero-order chi connectivity index (χ0) is 14.0. The van der Waals surface area contributed by atoms with Crippen LogP contribution in [0.4, 0.5) is 5.69 Å². The fourth-order valence-electron chi connectivity index (χ4n) is 3.38. The van der Waals surface area contributed by atoms with E-state index < -0.39 is 0 Å². The number of nitrogens with one attached hydrogen (secondary N) is 1. The monoisotopic (exact) mass is 323 g/mol. The van der Waals surface area contributed by atoms with Gasteiger partial charge in [-0.3, -0.25) is 0 Å². The highest BCUT2D eigenvalue weighted by Crippen LogP contribution is 2.33. The summed E-state index contributed by atoms with van der Waals surface area (Å²) in [6.45, 7) is 9.07. The summed E-state index contributed by atoms with van der Waals surface area (Å²) in [6.07, 6.45) is 5.47. The Morgan fingerprint density at radius 3 is 2.26 bits per heavy atom. The molecule has 1 aliphatic carbocycles. The Hall–Kier alpha value is -0.500. The van der Waals surface area contributed by atoms with Crippen molar-refractivity contribution in [2.24, 2.45) is 11.8 Å². The second-order valence-electron chi connectivity index (χ2n) is 6.37. The molecular formula is C17H26BrN. The average Bonchev–Trinajstić information content (AvgIpc) is 2.36. The molecule has 1 nitrogen and oxygen atoms in total. The van der Waals surface area contributed by atoms with E-state index in [1.54, 1.807) is 0 Å². The third kappa shape index (κ3) is 3.53. The minimum Gasteiger partial charge on any atom is -0.382 e. The molecule has 2 unspecified atom stereocenters. The normalized spacial score (nSPS) is 23.7. The summed E-state index contributed by atoms with van der Waals surface area (Å²) in [6, 6.07) is 5.18. The van der Waals surface area contributed by atoms with Crippen molar-refractivity contribution in [3.05, 3.63) is 27.7 Å². The summed E-state index contributed by atoms with van der Waals surface area (Å²) in [4.78, 5) is 0. The van der Waals surface area contributed by atoms with Crippen LogP contribution in [0.25, 0.3) is 0 Å². The third-order valence-corrected chi connectivity index (χ3v) is 5.72. The van der Waals surface area contributed by atoms with Crippen molar-refractivity contribution >= 4 is 21.6 Å². The maximum Gasteiger partial charge on any atom is 0.0348 e. The fourth-order valence-corrected chi connectivity index (χ4v) is 3.61. The van der Waals surface area contributed by atoms with Gasteiger partial charge in [0.1, 0.15) is 0 Å². The third-order valence-electron chi connectivity index (χ3n) is 4.46. The van der Waals surface area contributed by atoms with Gasteiger partial charge in [0.2, 0.25) is 0 Å². The molecule has 0 radical (unpaired) electrons. The van der Waals surface area contributed by atoms with Gasteiger partial charge in [-0.15, -0.1) is 0 Å². The van der Waals surface area contributed by atoms with E-state index in [4.69, 9.17) is 0 Å². The number of hydrogen-bond acceptors (Lipinski definition) is 1. The molecule has 106 valence electrons. The standard InChI is InChI=1S/C17H26BrN/c1-11(2)15-7-5-6-8-16(15)19-14-9-12(3)17(18)13(4)10-14/h9-11,15-16,19H,5-8H2,1-4H3. The predicted molar refractivity (Wildman–Crippen MR) is 87.8 cm³/mol. The highest BCUT2D eigenvalue weighted by atomic mass is 79.9. The van der Waals surface area contributed by atoms with Crippen molar-refractivity contribution < 1.29 is 0 Å². The maximum atomic E-state index is 3.80. The zero-order valence-electron chi connectivity index (χ0n) is 12.6. The zero-order valence-corrected chi connectivity index (χ0v) is 14.2. The molecule has 0 aliphatic heterocycles. The first-order valence-electron chi connectivity index (χ1n) is 7.52. The topological polar surface area (TPSA) is 12.0 Å². The van der Waals surface area contributed by atoms with Gasteiger partial charge in [0.05, 0.1) is 0 Å². The van der Waals surface area contributed by atoms with Crippen LogP contribution in [0.15, 0.2) is 16.6 Å². The van der Waals surface area contributed by atoms with Crippen molar-refractivity contribution in [2.75, 3.05) is 5.32 Å². The van der Waals surface area contributed by atoms with Crippen molar-refractivity contribution in [3.8, 4) is 0 Å². The van der Waals surface area contributed by atoms with E-state index in [-0.39, 0.29) is 0 Å². The van der Waals surface area contributed by atoms with Gasteiger partial charge in [-0.05, 0) is 61.8 Å². The molecule has 0 aromatic heterocycles. The Kier molecular flexibility index (Phi) is 4.94. The van der Waals surface area contributed by atoms with Crippen LogP contribution in [0.5, 0.6) is 0 Å². The lowest BCUT2D eigenvalue weighted by Gasteiger charge is -2.35. The molecule has 1 saturated carbocycles. The molecule has 1 aromatic rings. The number of hydrogen-bond donors (Lipinski definition) is 1. The predicted octanol–water partition coefficient (Wildman–Crippen LogP) is 5.69. The number of aryl methyl sites for hydroxylation is 2. The van der Waals surface area contributed by atoms with Crippen molar-refractivity contribution in [2.45, 2.75) is 59.4 Å². The van der Waals surface area contributed by atoms with E-state index in [0.29, 0.717) is 6.04 Å². The number of halogens is 1. The number of anilines is 1. The van der Waals surface area contributed by atoms with E-state index in [1.165, 1.54) is 47.0 Å². The molecule has 1 aromatic carbocycles. The molecule has 1 fully saturated rings. The van der Waals surface area contributed by atoms with Gasteiger partial charge in [0.15, 0.2) is 0 Å². The summed E-state index contributed by atoms with van der Waals surface area (Å²) in [7, 11) is 0.